The Morgan fingerprint density at radius 3 is 2.59 bits per heavy atom. The molecule has 3 aromatic rings. The Balaban J connectivity index is 1.45. The molecule has 2 N–H and O–H groups in total. The van der Waals surface area contributed by atoms with E-state index in [2.05, 4.69) is 53.3 Å². The highest BCUT2D eigenvalue weighted by Crippen LogP contribution is 2.48. The van der Waals surface area contributed by atoms with Crippen molar-refractivity contribution in [1.29, 1.82) is 0 Å². The van der Waals surface area contributed by atoms with Crippen LogP contribution in [0, 0.1) is 5.92 Å². The molecule has 0 saturated carbocycles. The van der Waals surface area contributed by atoms with E-state index in [1.54, 1.807) is 18.9 Å². The summed E-state index contributed by atoms with van der Waals surface area (Å²) in [5, 5.41) is 0.00884. The fourth-order valence-electron chi connectivity index (χ4n) is 4.64. The van der Waals surface area contributed by atoms with Crippen molar-refractivity contribution in [3.8, 4) is 5.75 Å². The first-order chi connectivity index (χ1) is 15.7. The van der Waals surface area contributed by atoms with Crippen LogP contribution in [0.5, 0.6) is 5.75 Å². The number of carbonyl (C=O) groups excluding carboxylic acids is 1. The average Bonchev–Trinajstić information content (AvgIpc) is 3.26. The molecule has 2 aliphatic rings. The number of thioether (sulfide) groups is 1. The van der Waals surface area contributed by atoms with E-state index in [1.807, 2.05) is 41.3 Å². The van der Waals surface area contributed by atoms with E-state index in [9.17, 15) is 4.79 Å². The predicted octanol–water partition coefficient (Wildman–Crippen LogP) is 4.73. The second-order valence-electron chi connectivity index (χ2n) is 8.20. The van der Waals surface area contributed by atoms with E-state index in [4.69, 9.17) is 4.74 Å². The number of fused-ring (bicyclic) bond motifs is 1. The van der Waals surface area contributed by atoms with Crippen molar-refractivity contribution in [2.75, 3.05) is 25.1 Å². The number of carbonyl (C=O) groups is 1. The summed E-state index contributed by atoms with van der Waals surface area (Å²) in [7, 11) is 1.69. The summed E-state index contributed by atoms with van der Waals surface area (Å²) in [6.07, 6.45) is 0.434. The Morgan fingerprint density at radius 1 is 1.00 bits per heavy atom. The Hall–Kier alpha value is -2.80. The average molecular weight is 446 g/mol. The van der Waals surface area contributed by atoms with Gasteiger partial charge in [-0.15, -0.1) is 11.8 Å². The third-order valence-electron chi connectivity index (χ3n) is 6.24. The number of nitrogens with zero attached hydrogens (tertiary/aromatic N) is 1. The third kappa shape index (κ3) is 4.13. The summed E-state index contributed by atoms with van der Waals surface area (Å²) in [5.74, 6) is 1.25. The lowest BCUT2D eigenvalue weighted by Gasteiger charge is -2.28. The molecule has 0 aromatic heterocycles. The fourth-order valence-corrected chi connectivity index (χ4v) is 5.95. The molecular weight excluding hydrogens is 418 g/mol. The van der Waals surface area contributed by atoms with E-state index < -0.39 is 0 Å². The number of amides is 1. The molecule has 0 radical (unpaired) electrons. The molecule has 164 valence electrons. The van der Waals surface area contributed by atoms with Gasteiger partial charge >= 0.3 is 0 Å². The van der Waals surface area contributed by atoms with Crippen LogP contribution in [0.1, 0.15) is 28.8 Å². The molecule has 0 spiro atoms. The molecule has 0 bridgehead atoms. The zero-order chi connectivity index (χ0) is 21.9. The Bertz CT molecular complexity index is 1090. The molecule has 1 amide bonds. The van der Waals surface area contributed by atoms with Crippen molar-refractivity contribution >= 4 is 23.4 Å². The number of rotatable bonds is 5. The molecule has 2 heterocycles. The minimum absolute atomic E-state index is 0.00884. The third-order valence-corrected chi connectivity index (χ3v) is 7.55. The van der Waals surface area contributed by atoms with Crippen LogP contribution in [0.25, 0.3) is 0 Å². The molecule has 1 saturated heterocycles. The molecule has 6 heteroatoms. The Labute approximate surface area is 193 Å². The molecule has 3 aromatic carbocycles. The number of para-hydroxylation sites is 2. The maximum atomic E-state index is 13.6. The zero-order valence-electron chi connectivity index (χ0n) is 18.0. The van der Waals surface area contributed by atoms with Crippen LogP contribution < -0.4 is 20.5 Å². The van der Waals surface area contributed by atoms with Gasteiger partial charge in [0, 0.05) is 41.1 Å². The monoisotopic (exact) mass is 445 g/mol. The molecule has 32 heavy (non-hydrogen) atoms. The minimum Gasteiger partial charge on any atom is -0.496 e. The van der Waals surface area contributed by atoms with Crippen molar-refractivity contribution in [3.63, 3.8) is 0 Å². The SMILES string of the molecule is COc1ccccc1C1CC(=O)N(CC2CNNC2c2ccccc2)c2ccccc2S1. The lowest BCUT2D eigenvalue weighted by molar-refractivity contribution is -0.118. The van der Waals surface area contributed by atoms with E-state index >= 15 is 0 Å². The summed E-state index contributed by atoms with van der Waals surface area (Å²) in [4.78, 5) is 16.7. The number of benzene rings is 3. The van der Waals surface area contributed by atoms with Gasteiger partial charge in [0.25, 0.3) is 0 Å². The molecule has 3 unspecified atom stereocenters. The second kappa shape index (κ2) is 9.36. The van der Waals surface area contributed by atoms with Gasteiger partial charge in [0.1, 0.15) is 5.75 Å². The van der Waals surface area contributed by atoms with Crippen LogP contribution in [0.2, 0.25) is 0 Å². The van der Waals surface area contributed by atoms with Gasteiger partial charge in [-0.2, -0.15) is 0 Å². The van der Waals surface area contributed by atoms with E-state index in [-0.39, 0.29) is 23.1 Å². The Morgan fingerprint density at radius 2 is 1.75 bits per heavy atom. The first-order valence-corrected chi connectivity index (χ1v) is 11.8. The smallest absolute Gasteiger partial charge is 0.228 e. The van der Waals surface area contributed by atoms with Gasteiger partial charge in [-0.25, -0.2) is 5.43 Å². The maximum Gasteiger partial charge on any atom is 0.228 e. The van der Waals surface area contributed by atoms with Crippen molar-refractivity contribution in [3.05, 3.63) is 90.0 Å². The molecule has 2 aliphatic heterocycles. The molecule has 5 rings (SSSR count). The number of hydrogen-bond donors (Lipinski definition) is 2. The standard InChI is InChI=1S/C26H27N3O2S/c1-31-22-13-7-5-11-20(22)24-15-25(30)29(21-12-6-8-14-23(21)32-24)17-19-16-27-28-26(19)18-9-3-2-4-10-18/h2-14,19,24,26-28H,15-17H2,1H3. The lowest BCUT2D eigenvalue weighted by Crippen LogP contribution is -2.37. The summed E-state index contributed by atoms with van der Waals surface area (Å²) in [6, 6.07) is 26.9. The first kappa shape index (κ1) is 21.1. The van der Waals surface area contributed by atoms with Crippen LogP contribution in [0.15, 0.2) is 83.8 Å². The highest BCUT2D eigenvalue weighted by molar-refractivity contribution is 7.99. The van der Waals surface area contributed by atoms with Crippen LogP contribution in [-0.2, 0) is 4.79 Å². The van der Waals surface area contributed by atoms with Gasteiger partial charge in [-0.3, -0.25) is 10.2 Å². The van der Waals surface area contributed by atoms with Gasteiger partial charge in [0.15, 0.2) is 0 Å². The lowest BCUT2D eigenvalue weighted by atomic mass is 9.94. The van der Waals surface area contributed by atoms with Crippen LogP contribution >= 0.6 is 11.8 Å². The van der Waals surface area contributed by atoms with Crippen molar-refractivity contribution in [1.82, 2.24) is 10.9 Å². The van der Waals surface area contributed by atoms with Gasteiger partial charge in [0.2, 0.25) is 5.91 Å². The number of methoxy groups -OCH3 is 1. The normalized spacial score (nSPS) is 23.0. The molecule has 0 aliphatic carbocycles. The number of nitrogens with one attached hydrogen (secondary N) is 2. The van der Waals surface area contributed by atoms with E-state index in [0.29, 0.717) is 13.0 Å². The van der Waals surface area contributed by atoms with Crippen LogP contribution in [-0.4, -0.2) is 26.1 Å². The van der Waals surface area contributed by atoms with E-state index in [0.717, 1.165) is 28.4 Å². The summed E-state index contributed by atoms with van der Waals surface area (Å²) in [5.41, 5.74) is 10.0. The number of hydrogen-bond acceptors (Lipinski definition) is 5. The maximum absolute atomic E-state index is 13.6. The van der Waals surface area contributed by atoms with E-state index in [1.165, 1.54) is 5.56 Å². The molecular formula is C26H27N3O2S. The summed E-state index contributed by atoms with van der Waals surface area (Å²) < 4.78 is 5.61. The van der Waals surface area contributed by atoms with Gasteiger partial charge in [-0.1, -0.05) is 60.7 Å². The van der Waals surface area contributed by atoms with Gasteiger partial charge in [0.05, 0.1) is 18.8 Å². The summed E-state index contributed by atoms with van der Waals surface area (Å²) >= 11 is 1.75. The molecule has 3 atom stereocenters. The van der Waals surface area contributed by atoms with Crippen molar-refractivity contribution < 1.29 is 9.53 Å². The van der Waals surface area contributed by atoms with Gasteiger partial charge < -0.3 is 9.64 Å². The Kier molecular flexibility index (Phi) is 6.17. The molecule has 5 nitrogen and oxygen atoms in total. The quantitative estimate of drug-likeness (QED) is 0.595. The largest absolute Gasteiger partial charge is 0.496 e. The van der Waals surface area contributed by atoms with Crippen molar-refractivity contribution in [2.24, 2.45) is 5.92 Å². The fraction of sp³-hybridized carbons (Fsp3) is 0.269. The highest BCUT2D eigenvalue weighted by Gasteiger charge is 2.35. The minimum atomic E-state index is 0.00884. The number of anilines is 1. The highest BCUT2D eigenvalue weighted by atomic mass is 32.2. The van der Waals surface area contributed by atoms with Crippen molar-refractivity contribution in [2.45, 2.75) is 22.6 Å². The van der Waals surface area contributed by atoms with Gasteiger partial charge in [-0.05, 0) is 23.8 Å². The molecule has 1 fully saturated rings. The number of hydrazine groups is 1. The first-order valence-electron chi connectivity index (χ1n) is 11.0. The summed E-state index contributed by atoms with van der Waals surface area (Å²) in [6.45, 7) is 1.48. The number of ether oxygens (including phenoxy) is 1. The topological polar surface area (TPSA) is 53.6 Å². The van der Waals surface area contributed by atoms with Crippen LogP contribution in [0.3, 0.4) is 0 Å². The predicted molar refractivity (Wildman–Crippen MR) is 129 cm³/mol. The second-order valence-corrected chi connectivity index (χ2v) is 9.44. The zero-order valence-corrected chi connectivity index (χ0v) is 18.8. The van der Waals surface area contributed by atoms with Crippen LogP contribution in [0.4, 0.5) is 5.69 Å².